The van der Waals surface area contributed by atoms with E-state index in [4.69, 9.17) is 12.7 Å². The zero-order chi connectivity index (χ0) is 27.3. The third-order valence-corrected chi connectivity index (χ3v) is 14.8. The van der Waals surface area contributed by atoms with Gasteiger partial charge in [-0.05, 0) is 54.7 Å². The highest BCUT2D eigenvalue weighted by Gasteiger charge is 2.42. The monoisotopic (exact) mass is 579 g/mol. The molecule has 0 aliphatic heterocycles. The Morgan fingerprint density at radius 2 is 0.800 bits per heavy atom. The standard InChI is InChI=1S/C13H21F4O3Si3.C6F5.Al/c1-21(2,3)19-23(6,7)20-22(4,5)18-13-11(16)9(14)8-10(15)12(13)17;7-2-1-3(8)5(10)6(11)4(2)9;/h1-7H3;;. The number of rotatable bonds is 8. The van der Waals surface area contributed by atoms with Crippen LogP contribution in [0.25, 0.3) is 0 Å². The van der Waals surface area contributed by atoms with Gasteiger partial charge >= 0.3 is 32.3 Å². The van der Waals surface area contributed by atoms with Gasteiger partial charge in [-0.25, -0.2) is 30.7 Å². The van der Waals surface area contributed by atoms with Crippen LogP contribution >= 0.6 is 0 Å². The normalized spacial score (nSPS) is 12.8. The topological polar surface area (TPSA) is 27.7 Å². The summed E-state index contributed by atoms with van der Waals surface area (Å²) in [4.78, 5) is 0. The van der Waals surface area contributed by atoms with Gasteiger partial charge in [-0.15, -0.1) is 0 Å². The van der Waals surface area contributed by atoms with Crippen molar-refractivity contribution in [3.05, 3.63) is 52.4 Å². The Kier molecular flexibility index (Phi) is 8.75. The lowest BCUT2D eigenvalue weighted by Gasteiger charge is -2.36. The molecule has 0 aliphatic rings. The van der Waals surface area contributed by atoms with Gasteiger partial charge in [-0.1, -0.05) is 0 Å². The van der Waals surface area contributed by atoms with E-state index >= 15 is 0 Å². The summed E-state index contributed by atoms with van der Waals surface area (Å²) >= 11 is -2.63. The Morgan fingerprint density at radius 1 is 0.457 bits per heavy atom. The van der Waals surface area contributed by atoms with Crippen LogP contribution in [0.1, 0.15) is 0 Å². The predicted molar refractivity (Wildman–Crippen MR) is 119 cm³/mol. The Morgan fingerprint density at radius 3 is 1.17 bits per heavy atom. The van der Waals surface area contributed by atoms with Crippen molar-refractivity contribution in [1.82, 2.24) is 0 Å². The van der Waals surface area contributed by atoms with Crippen LogP contribution in [0.5, 0.6) is 5.75 Å². The van der Waals surface area contributed by atoms with Crippen molar-refractivity contribution < 1.29 is 52.2 Å². The summed E-state index contributed by atoms with van der Waals surface area (Å²) in [6.07, 6.45) is 0. The summed E-state index contributed by atoms with van der Waals surface area (Å²) < 4.78 is 141. The van der Waals surface area contributed by atoms with Crippen LogP contribution in [0.3, 0.4) is 0 Å². The van der Waals surface area contributed by atoms with Crippen molar-refractivity contribution >= 4 is 49.5 Å². The Balaban J connectivity index is 2.49. The van der Waals surface area contributed by atoms with Gasteiger partial charge in [0.1, 0.15) is 0 Å². The number of benzene rings is 2. The molecule has 193 valence electrons. The number of hydrogen-bond acceptors (Lipinski definition) is 3. The smallest absolute Gasteiger partial charge is 0.383 e. The van der Waals surface area contributed by atoms with E-state index in [0.29, 0.717) is 0 Å². The first kappa shape index (κ1) is 29.9. The zero-order valence-electron chi connectivity index (χ0n) is 19.7. The first-order valence-electron chi connectivity index (χ1n) is 10.0. The molecule has 2 aromatic rings. The molecule has 0 atom stereocenters. The summed E-state index contributed by atoms with van der Waals surface area (Å²) in [7, 11) is -8.51. The summed E-state index contributed by atoms with van der Waals surface area (Å²) in [6, 6.07) is 0. The van der Waals surface area contributed by atoms with Crippen molar-refractivity contribution in [3.63, 3.8) is 0 Å². The Hall–Kier alpha value is -1.29. The minimum Gasteiger partial charge on any atom is -0.516 e. The molecular formula is C19H21AlF9O3Si3. The van der Waals surface area contributed by atoms with Gasteiger partial charge in [-0.2, -0.15) is 8.78 Å². The molecule has 0 heterocycles. The number of halogens is 9. The fourth-order valence-electron chi connectivity index (χ4n) is 3.35. The third kappa shape index (κ3) is 6.73. The molecule has 16 heteroatoms. The highest BCUT2D eigenvalue weighted by atomic mass is 28.5. The fourth-order valence-corrected chi connectivity index (χ4v) is 16.7. The van der Waals surface area contributed by atoms with Crippen molar-refractivity contribution in [2.45, 2.75) is 45.8 Å². The Bertz CT molecular complexity index is 1100. The van der Waals surface area contributed by atoms with Crippen LogP contribution in [0.2, 0.25) is 45.8 Å². The zero-order valence-corrected chi connectivity index (χ0v) is 23.9. The van der Waals surface area contributed by atoms with Crippen molar-refractivity contribution in [2.24, 2.45) is 0 Å². The average molecular weight is 580 g/mol. The molecule has 0 spiro atoms. The van der Waals surface area contributed by atoms with E-state index in [-0.39, 0.29) is 0 Å². The van der Waals surface area contributed by atoms with Crippen LogP contribution in [-0.2, 0) is 8.23 Å². The van der Waals surface area contributed by atoms with E-state index in [1.807, 2.05) is 19.6 Å². The molecule has 2 rings (SSSR count). The molecule has 0 fully saturated rings. The molecule has 35 heavy (non-hydrogen) atoms. The van der Waals surface area contributed by atoms with Gasteiger partial charge in [0.15, 0.2) is 54.8 Å². The molecule has 0 saturated carbocycles. The molecule has 2 aromatic carbocycles. The lowest BCUT2D eigenvalue weighted by atomic mass is 10.3. The highest BCUT2D eigenvalue weighted by Crippen LogP contribution is 2.30. The second-order valence-electron chi connectivity index (χ2n) is 9.34. The Labute approximate surface area is 205 Å². The maximum atomic E-state index is 14.7. The summed E-state index contributed by atoms with van der Waals surface area (Å²) in [6.45, 7) is 11.7. The summed E-state index contributed by atoms with van der Waals surface area (Å²) in [5, 5.41) is 0. The first-order chi connectivity index (χ1) is 15.7. The van der Waals surface area contributed by atoms with Crippen LogP contribution in [0.15, 0.2) is 0 Å². The second-order valence-corrected chi connectivity index (χ2v) is 22.4. The minimum atomic E-state index is -3.53. The minimum absolute atomic E-state index is 1.36. The fraction of sp³-hybridized carbons (Fsp3) is 0.368. The van der Waals surface area contributed by atoms with E-state index in [9.17, 15) is 39.5 Å². The predicted octanol–water partition coefficient (Wildman–Crippen LogP) is 5.24. The molecule has 0 saturated heterocycles. The van der Waals surface area contributed by atoms with E-state index < -0.39 is 108 Å². The second kappa shape index (κ2) is 10.2. The first-order valence-corrected chi connectivity index (χ1v) is 20.2. The molecule has 0 bridgehead atoms. The molecule has 3 nitrogen and oxygen atoms in total. The van der Waals surface area contributed by atoms with Crippen LogP contribution in [-0.4, -0.2) is 40.7 Å². The molecule has 1 radical (unpaired) electrons. The van der Waals surface area contributed by atoms with Crippen LogP contribution < -0.4 is 13.3 Å². The molecule has 0 aromatic heterocycles. The van der Waals surface area contributed by atoms with Crippen molar-refractivity contribution in [3.8, 4) is 5.75 Å². The lowest BCUT2D eigenvalue weighted by molar-refractivity contribution is 0.311. The summed E-state index contributed by atoms with van der Waals surface area (Å²) in [5.74, 6) is -21.6. The van der Waals surface area contributed by atoms with E-state index in [2.05, 4.69) is 0 Å². The quantitative estimate of drug-likeness (QED) is 0.185. The molecule has 0 unspecified atom stereocenters. The van der Waals surface area contributed by atoms with Crippen LogP contribution in [0, 0.1) is 52.4 Å². The van der Waals surface area contributed by atoms with Gasteiger partial charge in [0.2, 0.25) is 11.6 Å². The average Bonchev–Trinajstić information content (AvgIpc) is 2.69. The lowest BCUT2D eigenvalue weighted by Crippen LogP contribution is -2.54. The number of hydrogen-bond donors (Lipinski definition) is 0. The van der Waals surface area contributed by atoms with Gasteiger partial charge in [0.05, 0.1) is 0 Å². The summed E-state index contributed by atoms with van der Waals surface area (Å²) in [5.41, 5.74) is 0. The van der Waals surface area contributed by atoms with Gasteiger partial charge in [-0.3, -0.25) is 0 Å². The van der Waals surface area contributed by atoms with Gasteiger partial charge < -0.3 is 12.7 Å². The molecular weight excluding hydrogens is 558 g/mol. The highest BCUT2D eigenvalue weighted by molar-refractivity contribution is 6.86. The van der Waals surface area contributed by atoms with E-state index in [1.165, 1.54) is 13.1 Å². The van der Waals surface area contributed by atoms with E-state index in [1.54, 1.807) is 13.1 Å². The van der Waals surface area contributed by atoms with E-state index in [0.717, 1.165) is 0 Å². The van der Waals surface area contributed by atoms with Crippen molar-refractivity contribution in [1.29, 1.82) is 0 Å². The third-order valence-electron chi connectivity index (χ3n) is 4.18. The van der Waals surface area contributed by atoms with Crippen molar-refractivity contribution in [2.75, 3.05) is 0 Å². The SMILES string of the molecule is C[Si](C)(C)O[Si](C)(C)O[Si](C)(C)Oc1c(F)c(F)[c]([Al][c]2c(F)c(F)c(F)c(F)c2F)c(F)c1F. The molecule has 0 aliphatic carbocycles. The maximum Gasteiger partial charge on any atom is 0.383 e. The van der Waals surface area contributed by atoms with Gasteiger partial charge in [0, 0.05) is 0 Å². The van der Waals surface area contributed by atoms with Gasteiger partial charge in [0.25, 0.3) is 0 Å². The maximum absolute atomic E-state index is 14.7. The largest absolute Gasteiger partial charge is 0.516 e. The molecule has 0 N–H and O–H groups in total. The van der Waals surface area contributed by atoms with Crippen LogP contribution in [0.4, 0.5) is 39.5 Å². The molecule has 0 amide bonds.